The van der Waals surface area contributed by atoms with Gasteiger partial charge in [-0.3, -0.25) is 4.79 Å². The molecule has 1 aliphatic heterocycles. The summed E-state index contributed by atoms with van der Waals surface area (Å²) in [5.41, 5.74) is 0.659. The van der Waals surface area contributed by atoms with Crippen LogP contribution < -0.4 is 0 Å². The van der Waals surface area contributed by atoms with Gasteiger partial charge in [-0.05, 0) is 54.0 Å². The lowest BCUT2D eigenvalue weighted by Crippen LogP contribution is -2.36. The summed E-state index contributed by atoms with van der Waals surface area (Å²) < 4.78 is 0.931. The molecule has 4 heteroatoms. The molecule has 1 heterocycles. The van der Waals surface area contributed by atoms with Crippen LogP contribution in [0, 0.1) is 3.57 Å². The quantitative estimate of drug-likeness (QED) is 0.710. The number of carbonyl (C=O) groups is 1. The number of carbonyl (C=O) groups excluding carboxylic acids is 1. The van der Waals surface area contributed by atoms with Crippen molar-refractivity contribution in [3.63, 3.8) is 0 Å². The zero-order valence-corrected chi connectivity index (χ0v) is 11.8. The summed E-state index contributed by atoms with van der Waals surface area (Å²) in [4.78, 5) is 14.2. The number of hydrogen-bond acceptors (Lipinski definition) is 1. The molecule has 2 rings (SSSR count). The molecule has 1 aromatic rings. The lowest BCUT2D eigenvalue weighted by molar-refractivity contribution is 0.0723. The number of nitrogens with zero attached hydrogens (tertiary/aromatic N) is 1. The van der Waals surface area contributed by atoms with Gasteiger partial charge in [-0.25, -0.2) is 0 Å². The van der Waals surface area contributed by atoms with E-state index in [1.54, 1.807) is 6.07 Å². The van der Waals surface area contributed by atoms with Crippen molar-refractivity contribution in [3.8, 4) is 0 Å². The highest BCUT2D eigenvalue weighted by Gasteiger charge is 2.22. The molecule has 16 heavy (non-hydrogen) atoms. The number of benzene rings is 1. The van der Waals surface area contributed by atoms with Crippen LogP contribution in [0.4, 0.5) is 0 Å². The fraction of sp³-hybridized carbons (Fsp3) is 0.417. The Morgan fingerprint density at radius 3 is 2.56 bits per heavy atom. The van der Waals surface area contributed by atoms with Gasteiger partial charge in [0.15, 0.2) is 0 Å². The van der Waals surface area contributed by atoms with Crippen molar-refractivity contribution in [2.75, 3.05) is 13.1 Å². The Balaban J connectivity index is 2.26. The third-order valence-electron chi connectivity index (χ3n) is 2.82. The third kappa shape index (κ3) is 2.51. The molecule has 1 amide bonds. The number of piperidine rings is 1. The molecule has 1 saturated heterocycles. The first-order chi connectivity index (χ1) is 7.70. The van der Waals surface area contributed by atoms with Gasteiger partial charge >= 0.3 is 0 Å². The Morgan fingerprint density at radius 1 is 1.25 bits per heavy atom. The van der Waals surface area contributed by atoms with E-state index in [2.05, 4.69) is 22.6 Å². The Morgan fingerprint density at radius 2 is 1.94 bits per heavy atom. The maximum Gasteiger partial charge on any atom is 0.256 e. The molecular formula is C12H13ClINO. The van der Waals surface area contributed by atoms with Crippen molar-refractivity contribution < 1.29 is 4.79 Å². The summed E-state index contributed by atoms with van der Waals surface area (Å²) in [6.07, 6.45) is 3.43. The maximum atomic E-state index is 12.3. The Kier molecular flexibility index (Phi) is 4.08. The molecule has 0 radical (unpaired) electrons. The maximum absolute atomic E-state index is 12.3. The van der Waals surface area contributed by atoms with Crippen molar-refractivity contribution in [2.24, 2.45) is 0 Å². The van der Waals surface area contributed by atoms with E-state index >= 15 is 0 Å². The normalized spacial score (nSPS) is 16.2. The molecule has 86 valence electrons. The van der Waals surface area contributed by atoms with Gasteiger partial charge in [-0.2, -0.15) is 0 Å². The molecule has 0 N–H and O–H groups in total. The average molecular weight is 350 g/mol. The first-order valence-corrected chi connectivity index (χ1v) is 6.89. The topological polar surface area (TPSA) is 20.3 Å². The van der Waals surface area contributed by atoms with Crippen molar-refractivity contribution in [3.05, 3.63) is 32.4 Å². The molecule has 1 aliphatic rings. The van der Waals surface area contributed by atoms with Crippen LogP contribution >= 0.6 is 34.2 Å². The number of hydrogen-bond donors (Lipinski definition) is 0. The predicted octanol–water partition coefficient (Wildman–Crippen LogP) is 3.57. The smallest absolute Gasteiger partial charge is 0.256 e. The fourth-order valence-corrected chi connectivity index (χ4v) is 3.10. The minimum Gasteiger partial charge on any atom is -0.339 e. The second-order valence-corrected chi connectivity index (χ2v) is 5.52. The average Bonchev–Trinajstić information content (AvgIpc) is 2.30. The van der Waals surface area contributed by atoms with Crippen molar-refractivity contribution in [1.82, 2.24) is 4.90 Å². The lowest BCUT2D eigenvalue weighted by atomic mass is 10.1. The van der Waals surface area contributed by atoms with Crippen LogP contribution in [-0.4, -0.2) is 23.9 Å². The first kappa shape index (κ1) is 12.2. The van der Waals surface area contributed by atoms with Crippen LogP contribution in [0.15, 0.2) is 18.2 Å². The summed E-state index contributed by atoms with van der Waals surface area (Å²) >= 11 is 8.26. The number of halogens is 2. The van der Waals surface area contributed by atoms with E-state index in [0.717, 1.165) is 29.5 Å². The van der Waals surface area contributed by atoms with E-state index in [1.807, 2.05) is 17.0 Å². The Bertz CT molecular complexity index is 382. The van der Waals surface area contributed by atoms with Crippen molar-refractivity contribution in [2.45, 2.75) is 19.3 Å². The monoisotopic (exact) mass is 349 g/mol. The van der Waals surface area contributed by atoms with E-state index in [1.165, 1.54) is 6.42 Å². The fourth-order valence-electron chi connectivity index (χ4n) is 1.96. The predicted molar refractivity (Wildman–Crippen MR) is 73.9 cm³/mol. The lowest BCUT2D eigenvalue weighted by Gasteiger charge is -2.27. The third-order valence-corrected chi connectivity index (χ3v) is 4.03. The largest absolute Gasteiger partial charge is 0.339 e. The minimum absolute atomic E-state index is 0.0784. The Labute approximate surface area is 114 Å². The summed E-state index contributed by atoms with van der Waals surface area (Å²) in [6.45, 7) is 1.72. The molecule has 0 spiro atoms. The highest BCUT2D eigenvalue weighted by atomic mass is 127. The van der Waals surface area contributed by atoms with Gasteiger partial charge in [0.1, 0.15) is 0 Å². The van der Waals surface area contributed by atoms with E-state index in [9.17, 15) is 4.79 Å². The van der Waals surface area contributed by atoms with E-state index in [4.69, 9.17) is 11.6 Å². The number of amides is 1. The van der Waals surface area contributed by atoms with E-state index in [-0.39, 0.29) is 5.91 Å². The molecule has 0 aromatic heterocycles. The molecule has 0 aliphatic carbocycles. The zero-order chi connectivity index (χ0) is 11.5. The van der Waals surface area contributed by atoms with Crippen LogP contribution in [0.3, 0.4) is 0 Å². The van der Waals surface area contributed by atoms with Gasteiger partial charge in [0.2, 0.25) is 0 Å². The molecule has 2 nitrogen and oxygen atoms in total. The summed E-state index contributed by atoms with van der Waals surface area (Å²) in [5, 5.41) is 0.558. The number of rotatable bonds is 1. The molecular weight excluding hydrogens is 336 g/mol. The highest BCUT2D eigenvalue weighted by Crippen LogP contribution is 2.24. The van der Waals surface area contributed by atoms with Gasteiger partial charge in [-0.15, -0.1) is 0 Å². The molecule has 0 unspecified atom stereocenters. The van der Waals surface area contributed by atoms with Crippen LogP contribution in [0.1, 0.15) is 29.6 Å². The van der Waals surface area contributed by atoms with Gasteiger partial charge in [0.05, 0.1) is 10.6 Å². The van der Waals surface area contributed by atoms with Crippen LogP contribution in [0.25, 0.3) is 0 Å². The van der Waals surface area contributed by atoms with Gasteiger partial charge in [0.25, 0.3) is 5.91 Å². The van der Waals surface area contributed by atoms with Gasteiger partial charge in [-0.1, -0.05) is 17.7 Å². The minimum atomic E-state index is 0.0784. The SMILES string of the molecule is O=C(c1c(Cl)cccc1I)N1CCCCC1. The standard InChI is InChI=1S/C12H13ClINO/c13-9-5-4-6-10(14)11(9)12(16)15-7-2-1-3-8-15/h4-6H,1-3,7-8H2. The van der Waals surface area contributed by atoms with Crippen LogP contribution in [0.2, 0.25) is 5.02 Å². The molecule has 0 saturated carbocycles. The molecule has 1 fully saturated rings. The molecule has 0 bridgehead atoms. The van der Waals surface area contributed by atoms with Crippen molar-refractivity contribution in [1.29, 1.82) is 0 Å². The molecule has 0 atom stereocenters. The van der Waals surface area contributed by atoms with Gasteiger partial charge < -0.3 is 4.90 Å². The molecule has 1 aromatic carbocycles. The highest BCUT2D eigenvalue weighted by molar-refractivity contribution is 14.1. The first-order valence-electron chi connectivity index (χ1n) is 5.43. The summed E-state index contributed by atoms with van der Waals surface area (Å²) in [7, 11) is 0. The van der Waals surface area contributed by atoms with Crippen LogP contribution in [-0.2, 0) is 0 Å². The number of likely N-dealkylation sites (tertiary alicyclic amines) is 1. The van der Waals surface area contributed by atoms with E-state index in [0.29, 0.717) is 10.6 Å². The van der Waals surface area contributed by atoms with E-state index < -0.39 is 0 Å². The second-order valence-electron chi connectivity index (χ2n) is 3.95. The summed E-state index contributed by atoms with van der Waals surface area (Å²) in [5.74, 6) is 0.0784. The summed E-state index contributed by atoms with van der Waals surface area (Å²) in [6, 6.07) is 5.57. The van der Waals surface area contributed by atoms with Gasteiger partial charge in [0, 0.05) is 16.7 Å². The van der Waals surface area contributed by atoms with Crippen molar-refractivity contribution >= 4 is 40.1 Å². The zero-order valence-electron chi connectivity index (χ0n) is 8.88. The second kappa shape index (κ2) is 5.36. The van der Waals surface area contributed by atoms with Crippen LogP contribution in [0.5, 0.6) is 0 Å². The Hall–Kier alpha value is -0.290.